The summed E-state index contributed by atoms with van der Waals surface area (Å²) in [4.78, 5) is 4.33. The minimum Gasteiger partial charge on any atom is -0.486 e. The molecule has 0 saturated carbocycles. The molecule has 0 bridgehead atoms. The van der Waals surface area contributed by atoms with Crippen molar-refractivity contribution in [2.75, 3.05) is 0 Å². The van der Waals surface area contributed by atoms with E-state index in [2.05, 4.69) is 20.9 Å². The van der Waals surface area contributed by atoms with Crippen molar-refractivity contribution in [3.8, 4) is 5.75 Å². The van der Waals surface area contributed by atoms with Crippen LogP contribution in [0.4, 0.5) is 0 Å². The van der Waals surface area contributed by atoms with Crippen molar-refractivity contribution in [2.24, 2.45) is 0 Å². The fraction of sp³-hybridized carbons (Fsp3) is 0.250. The van der Waals surface area contributed by atoms with Crippen LogP contribution in [0.5, 0.6) is 5.75 Å². The van der Waals surface area contributed by atoms with Crippen LogP contribution >= 0.6 is 27.3 Å². The first-order valence-corrected chi connectivity index (χ1v) is 6.80. The van der Waals surface area contributed by atoms with Crippen molar-refractivity contribution in [3.63, 3.8) is 0 Å². The standard InChI is InChI=1S/C12H12BrNO2S/c1-8-14-10(7-17-8)6-16-12-9(5-15)3-2-4-11(12)13/h2-4,7,15H,5-6H2,1H3. The van der Waals surface area contributed by atoms with E-state index in [0.717, 1.165) is 20.7 Å². The van der Waals surface area contributed by atoms with E-state index in [9.17, 15) is 5.11 Å². The van der Waals surface area contributed by atoms with Crippen LogP contribution in [0.1, 0.15) is 16.3 Å². The van der Waals surface area contributed by atoms with E-state index in [1.165, 1.54) is 0 Å². The maximum Gasteiger partial charge on any atom is 0.139 e. The van der Waals surface area contributed by atoms with E-state index in [4.69, 9.17) is 4.74 Å². The number of hydrogen-bond acceptors (Lipinski definition) is 4. The van der Waals surface area contributed by atoms with Crippen molar-refractivity contribution < 1.29 is 9.84 Å². The molecule has 0 spiro atoms. The van der Waals surface area contributed by atoms with Crippen LogP contribution in [0, 0.1) is 6.92 Å². The third-order valence-electron chi connectivity index (χ3n) is 2.25. The molecule has 1 N–H and O–H groups in total. The molecule has 0 radical (unpaired) electrons. The Labute approximate surface area is 112 Å². The average molecular weight is 314 g/mol. The van der Waals surface area contributed by atoms with Gasteiger partial charge in [0.25, 0.3) is 0 Å². The van der Waals surface area contributed by atoms with Gasteiger partial charge in [0.1, 0.15) is 12.4 Å². The first-order valence-electron chi connectivity index (χ1n) is 5.12. The highest BCUT2D eigenvalue weighted by Crippen LogP contribution is 2.29. The Kier molecular flexibility index (Phi) is 4.15. The minimum atomic E-state index is -0.0368. The van der Waals surface area contributed by atoms with E-state index in [0.29, 0.717) is 12.4 Å². The molecular weight excluding hydrogens is 302 g/mol. The second kappa shape index (κ2) is 5.62. The summed E-state index contributed by atoms with van der Waals surface area (Å²) in [6.07, 6.45) is 0. The summed E-state index contributed by atoms with van der Waals surface area (Å²) in [6, 6.07) is 5.60. The van der Waals surface area contributed by atoms with Crippen LogP contribution in [0.15, 0.2) is 28.1 Å². The summed E-state index contributed by atoms with van der Waals surface area (Å²) < 4.78 is 6.54. The Morgan fingerprint density at radius 2 is 2.29 bits per heavy atom. The highest BCUT2D eigenvalue weighted by molar-refractivity contribution is 9.10. The number of aryl methyl sites for hydroxylation is 1. The molecule has 2 rings (SSSR count). The topological polar surface area (TPSA) is 42.4 Å². The van der Waals surface area contributed by atoms with Gasteiger partial charge in [0, 0.05) is 10.9 Å². The Morgan fingerprint density at radius 1 is 1.47 bits per heavy atom. The molecule has 1 aromatic heterocycles. The molecule has 0 atom stereocenters. The van der Waals surface area contributed by atoms with E-state index >= 15 is 0 Å². The number of aromatic nitrogens is 1. The van der Waals surface area contributed by atoms with Gasteiger partial charge >= 0.3 is 0 Å². The number of nitrogens with zero attached hydrogens (tertiary/aromatic N) is 1. The van der Waals surface area contributed by atoms with Crippen LogP contribution < -0.4 is 4.74 Å². The smallest absolute Gasteiger partial charge is 0.139 e. The van der Waals surface area contributed by atoms with Crippen LogP contribution in [-0.2, 0) is 13.2 Å². The summed E-state index contributed by atoms with van der Waals surface area (Å²) in [6.45, 7) is 2.34. The van der Waals surface area contributed by atoms with Gasteiger partial charge < -0.3 is 9.84 Å². The molecule has 0 aliphatic heterocycles. The van der Waals surface area contributed by atoms with Crippen LogP contribution in [0.3, 0.4) is 0 Å². The first kappa shape index (κ1) is 12.5. The van der Waals surface area contributed by atoms with Gasteiger partial charge in [-0.25, -0.2) is 4.98 Å². The lowest BCUT2D eigenvalue weighted by Gasteiger charge is -2.10. The Balaban J connectivity index is 2.13. The molecule has 0 aliphatic carbocycles. The Bertz CT molecular complexity index is 513. The maximum absolute atomic E-state index is 9.23. The van der Waals surface area contributed by atoms with E-state index in [-0.39, 0.29) is 6.61 Å². The zero-order chi connectivity index (χ0) is 12.3. The molecule has 2 aromatic rings. The highest BCUT2D eigenvalue weighted by atomic mass is 79.9. The number of hydrogen-bond donors (Lipinski definition) is 1. The molecule has 0 unspecified atom stereocenters. The number of ether oxygens (including phenoxy) is 1. The lowest BCUT2D eigenvalue weighted by Crippen LogP contribution is -2.00. The third-order valence-corrected chi connectivity index (χ3v) is 3.70. The number of halogens is 1. The van der Waals surface area contributed by atoms with E-state index < -0.39 is 0 Å². The molecule has 17 heavy (non-hydrogen) atoms. The lowest BCUT2D eigenvalue weighted by molar-refractivity contribution is 0.256. The van der Waals surface area contributed by atoms with Crippen molar-refractivity contribution in [1.29, 1.82) is 0 Å². The SMILES string of the molecule is Cc1nc(COc2c(Br)cccc2CO)cs1. The van der Waals surface area contributed by atoms with Crippen molar-refractivity contribution in [2.45, 2.75) is 20.1 Å². The van der Waals surface area contributed by atoms with Crippen molar-refractivity contribution in [3.05, 3.63) is 44.3 Å². The Hall–Kier alpha value is -0.910. The number of benzene rings is 1. The Morgan fingerprint density at radius 3 is 2.94 bits per heavy atom. The quantitative estimate of drug-likeness (QED) is 0.942. The zero-order valence-electron chi connectivity index (χ0n) is 9.31. The number of aliphatic hydroxyl groups is 1. The van der Waals surface area contributed by atoms with Gasteiger partial charge in [0.05, 0.1) is 21.8 Å². The maximum atomic E-state index is 9.23. The van der Waals surface area contributed by atoms with Crippen LogP contribution in [-0.4, -0.2) is 10.1 Å². The van der Waals surface area contributed by atoms with E-state index in [1.807, 2.05) is 30.5 Å². The number of thiazole rings is 1. The lowest BCUT2D eigenvalue weighted by atomic mass is 10.2. The molecule has 0 aliphatic rings. The normalized spacial score (nSPS) is 10.5. The first-order chi connectivity index (χ1) is 8.20. The summed E-state index contributed by atoms with van der Waals surface area (Å²) in [5.74, 6) is 0.681. The van der Waals surface area contributed by atoms with Crippen LogP contribution in [0.25, 0.3) is 0 Å². The predicted octanol–water partition coefficient (Wildman–Crippen LogP) is 3.29. The monoisotopic (exact) mass is 313 g/mol. The van der Waals surface area contributed by atoms with Crippen molar-refractivity contribution >= 4 is 27.3 Å². The van der Waals surface area contributed by atoms with Gasteiger partial charge in [-0.1, -0.05) is 12.1 Å². The van der Waals surface area contributed by atoms with Crippen molar-refractivity contribution in [1.82, 2.24) is 4.98 Å². The zero-order valence-corrected chi connectivity index (χ0v) is 11.7. The number of para-hydroxylation sites is 1. The van der Waals surface area contributed by atoms with Gasteiger partial charge in [-0.15, -0.1) is 11.3 Å². The number of aliphatic hydroxyl groups excluding tert-OH is 1. The molecule has 5 heteroatoms. The number of rotatable bonds is 4. The predicted molar refractivity (Wildman–Crippen MR) is 71.2 cm³/mol. The van der Waals surface area contributed by atoms with Crippen LogP contribution in [0.2, 0.25) is 0 Å². The molecule has 1 aromatic carbocycles. The highest BCUT2D eigenvalue weighted by Gasteiger charge is 2.08. The molecule has 0 saturated heterocycles. The molecule has 1 heterocycles. The fourth-order valence-corrected chi connectivity index (χ4v) is 2.58. The minimum absolute atomic E-state index is 0.0368. The van der Waals surface area contributed by atoms with Gasteiger partial charge in [0.2, 0.25) is 0 Å². The summed E-state index contributed by atoms with van der Waals surface area (Å²) in [7, 11) is 0. The van der Waals surface area contributed by atoms with Gasteiger partial charge in [-0.3, -0.25) is 0 Å². The molecule has 0 fully saturated rings. The molecule has 0 amide bonds. The summed E-state index contributed by atoms with van der Waals surface area (Å²) in [5, 5.41) is 12.2. The van der Waals surface area contributed by atoms with Gasteiger partial charge in [-0.2, -0.15) is 0 Å². The summed E-state index contributed by atoms with van der Waals surface area (Å²) >= 11 is 5.01. The fourth-order valence-electron chi connectivity index (χ4n) is 1.46. The second-order valence-electron chi connectivity index (χ2n) is 3.53. The second-order valence-corrected chi connectivity index (χ2v) is 5.45. The molecule has 3 nitrogen and oxygen atoms in total. The summed E-state index contributed by atoms with van der Waals surface area (Å²) in [5.41, 5.74) is 1.68. The average Bonchev–Trinajstić information content (AvgIpc) is 2.73. The van der Waals surface area contributed by atoms with Gasteiger partial charge in [0.15, 0.2) is 0 Å². The molecule has 90 valence electrons. The largest absolute Gasteiger partial charge is 0.486 e. The van der Waals surface area contributed by atoms with E-state index in [1.54, 1.807) is 11.3 Å². The molecular formula is C12H12BrNO2S. The third kappa shape index (κ3) is 3.06. The van der Waals surface area contributed by atoms with Gasteiger partial charge in [-0.05, 0) is 28.9 Å².